The molecule has 0 aliphatic carbocycles. The number of benzene rings is 1. The van der Waals surface area contributed by atoms with Crippen molar-refractivity contribution in [1.29, 1.82) is 0 Å². The lowest BCUT2D eigenvalue weighted by molar-refractivity contribution is -0.138. The molecule has 2 aliphatic rings. The van der Waals surface area contributed by atoms with E-state index in [0.717, 1.165) is 11.3 Å². The molecule has 136 valence electrons. The van der Waals surface area contributed by atoms with E-state index >= 15 is 0 Å². The number of carbonyl (C=O) groups excluding carboxylic acids is 2. The number of methoxy groups -OCH3 is 1. The molecule has 0 N–H and O–H groups in total. The van der Waals surface area contributed by atoms with Gasteiger partial charge in [-0.05, 0) is 38.1 Å². The lowest BCUT2D eigenvalue weighted by Crippen LogP contribution is -2.35. The third-order valence-electron chi connectivity index (χ3n) is 4.26. The number of rotatable bonds is 4. The number of allylic oxidation sites excluding steroid dienone is 2. The Bertz CT molecular complexity index is 842. The zero-order valence-corrected chi connectivity index (χ0v) is 15.9. The molecule has 0 saturated heterocycles. The maximum absolute atomic E-state index is 12.5. The first-order valence-electron chi connectivity index (χ1n) is 8.27. The molecule has 0 spiro atoms. The van der Waals surface area contributed by atoms with Crippen LogP contribution in [0.2, 0.25) is 0 Å². The lowest BCUT2D eigenvalue weighted by Gasteiger charge is -2.35. The number of nitrogens with zero attached hydrogens (tertiary/aromatic N) is 2. The minimum absolute atomic E-state index is 0.301. The van der Waals surface area contributed by atoms with Gasteiger partial charge in [0.1, 0.15) is 4.91 Å². The van der Waals surface area contributed by atoms with Gasteiger partial charge in [-0.15, -0.1) is 0 Å². The number of amidine groups is 1. The van der Waals surface area contributed by atoms with E-state index in [4.69, 9.17) is 9.47 Å². The third kappa shape index (κ3) is 3.03. The summed E-state index contributed by atoms with van der Waals surface area (Å²) in [6.45, 7) is 5.69. The molecule has 2 aliphatic heterocycles. The average molecular weight is 372 g/mol. The number of hydrogen-bond acceptors (Lipinski definition) is 7. The molecule has 0 unspecified atom stereocenters. The minimum Gasteiger partial charge on any atom is -0.466 e. The van der Waals surface area contributed by atoms with Gasteiger partial charge in [-0.25, -0.2) is 14.6 Å². The zero-order chi connectivity index (χ0) is 18.8. The molecule has 0 fully saturated rings. The molecule has 3 rings (SSSR count). The maximum atomic E-state index is 12.5. The highest BCUT2D eigenvalue weighted by atomic mass is 32.2. The van der Waals surface area contributed by atoms with Crippen LogP contribution in [0.3, 0.4) is 0 Å². The molecule has 0 saturated carbocycles. The zero-order valence-electron chi connectivity index (χ0n) is 15.1. The number of thioether (sulfide) groups is 1. The Morgan fingerprint density at radius 1 is 1.19 bits per heavy atom. The fourth-order valence-electron chi connectivity index (χ4n) is 3.08. The minimum atomic E-state index is -0.429. The molecule has 6 nitrogen and oxygen atoms in total. The highest BCUT2D eigenvalue weighted by molar-refractivity contribution is 8.18. The molecule has 7 heteroatoms. The van der Waals surface area contributed by atoms with Crippen LogP contribution in [0.15, 0.2) is 57.2 Å². The molecule has 1 aromatic carbocycles. The number of aliphatic imine (C=N–C) groups is 1. The van der Waals surface area contributed by atoms with Crippen molar-refractivity contribution in [2.24, 2.45) is 4.99 Å². The highest BCUT2D eigenvalue weighted by Gasteiger charge is 2.43. The van der Waals surface area contributed by atoms with E-state index in [9.17, 15) is 9.59 Å². The van der Waals surface area contributed by atoms with E-state index in [1.165, 1.54) is 18.9 Å². The summed E-state index contributed by atoms with van der Waals surface area (Å²) in [7, 11) is 1.36. The molecular formula is C19H20N2O4S. The summed E-state index contributed by atoms with van der Waals surface area (Å²) < 4.78 is 10.2. The van der Waals surface area contributed by atoms with Gasteiger partial charge in [0, 0.05) is 5.70 Å². The van der Waals surface area contributed by atoms with Crippen LogP contribution in [0, 0.1) is 0 Å². The molecule has 0 aromatic heterocycles. The lowest BCUT2D eigenvalue weighted by atomic mass is 9.94. The number of hydrogen-bond donors (Lipinski definition) is 0. The van der Waals surface area contributed by atoms with E-state index in [1.807, 2.05) is 42.2 Å². The molecule has 26 heavy (non-hydrogen) atoms. The topological polar surface area (TPSA) is 68.2 Å². The first kappa shape index (κ1) is 18.3. The second-order valence-electron chi connectivity index (χ2n) is 5.81. The standard InChI is InChI=1S/C19H20N2O4S/c1-5-25-18(23)16-12(3)21-15(13-9-7-6-8-10-13)14(17(22)24-4)11(2)20-19(21)26-16/h6-10,15H,5H2,1-4H3/t15-/m0/s1. The number of carbonyl (C=O) groups is 2. The van der Waals surface area contributed by atoms with Crippen LogP contribution in [-0.2, 0) is 19.1 Å². The summed E-state index contributed by atoms with van der Waals surface area (Å²) in [6, 6.07) is 9.24. The predicted octanol–water partition coefficient (Wildman–Crippen LogP) is 3.39. The van der Waals surface area contributed by atoms with Gasteiger partial charge in [0.25, 0.3) is 0 Å². The second-order valence-corrected chi connectivity index (χ2v) is 6.78. The first-order chi connectivity index (χ1) is 12.5. The van der Waals surface area contributed by atoms with Crippen molar-refractivity contribution < 1.29 is 19.1 Å². The average Bonchev–Trinajstić information content (AvgIpc) is 2.97. The SMILES string of the molecule is CCOC(=O)C1=C(C)N2C(=NC(C)=C(C(=O)OC)[C@@H]2c2ccccc2)S1. The molecule has 0 amide bonds. The largest absolute Gasteiger partial charge is 0.466 e. The molecule has 0 bridgehead atoms. The molecule has 0 radical (unpaired) electrons. The van der Waals surface area contributed by atoms with Gasteiger partial charge in [-0.3, -0.25) is 0 Å². The Morgan fingerprint density at radius 2 is 1.88 bits per heavy atom. The van der Waals surface area contributed by atoms with Gasteiger partial charge in [0.15, 0.2) is 5.17 Å². The van der Waals surface area contributed by atoms with Crippen molar-refractivity contribution >= 4 is 28.9 Å². The Morgan fingerprint density at radius 3 is 2.50 bits per heavy atom. The van der Waals surface area contributed by atoms with Crippen LogP contribution in [0.5, 0.6) is 0 Å². The molecule has 2 heterocycles. The van der Waals surface area contributed by atoms with Gasteiger partial charge < -0.3 is 14.4 Å². The number of ether oxygens (including phenoxy) is 2. The van der Waals surface area contributed by atoms with Crippen LogP contribution in [0.4, 0.5) is 0 Å². The number of esters is 2. The van der Waals surface area contributed by atoms with E-state index in [2.05, 4.69) is 4.99 Å². The van der Waals surface area contributed by atoms with Crippen molar-refractivity contribution in [2.45, 2.75) is 26.8 Å². The van der Waals surface area contributed by atoms with Crippen molar-refractivity contribution in [2.75, 3.05) is 13.7 Å². The van der Waals surface area contributed by atoms with Crippen molar-refractivity contribution in [3.8, 4) is 0 Å². The van der Waals surface area contributed by atoms with Crippen molar-refractivity contribution in [3.63, 3.8) is 0 Å². The molecule has 1 aromatic rings. The second kappa shape index (κ2) is 7.37. The number of fused-ring (bicyclic) bond motifs is 1. The Balaban J connectivity index is 2.14. The molecular weight excluding hydrogens is 352 g/mol. The fraction of sp³-hybridized carbons (Fsp3) is 0.316. The smallest absolute Gasteiger partial charge is 0.346 e. The van der Waals surface area contributed by atoms with Gasteiger partial charge in [-0.1, -0.05) is 30.3 Å². The highest BCUT2D eigenvalue weighted by Crippen LogP contribution is 2.47. The van der Waals surface area contributed by atoms with Crippen molar-refractivity contribution in [3.05, 3.63) is 57.8 Å². The first-order valence-corrected chi connectivity index (χ1v) is 9.09. The summed E-state index contributed by atoms with van der Waals surface area (Å²) in [5.74, 6) is -0.808. The van der Waals surface area contributed by atoms with E-state index in [1.54, 1.807) is 13.8 Å². The van der Waals surface area contributed by atoms with E-state index in [0.29, 0.717) is 27.9 Å². The van der Waals surface area contributed by atoms with Crippen LogP contribution in [-0.4, -0.2) is 35.7 Å². The van der Waals surface area contributed by atoms with Gasteiger partial charge in [0.05, 0.1) is 31.0 Å². The normalized spacial score (nSPS) is 19.3. The summed E-state index contributed by atoms with van der Waals surface area (Å²) in [5, 5.41) is 0.657. The van der Waals surface area contributed by atoms with Crippen LogP contribution in [0.1, 0.15) is 32.4 Å². The quantitative estimate of drug-likeness (QED) is 0.755. The molecule has 1 atom stereocenters. The van der Waals surface area contributed by atoms with Crippen LogP contribution < -0.4 is 0 Å². The van der Waals surface area contributed by atoms with Gasteiger partial charge in [-0.2, -0.15) is 0 Å². The summed E-state index contributed by atoms with van der Waals surface area (Å²) in [6.07, 6.45) is 0. The van der Waals surface area contributed by atoms with E-state index < -0.39 is 12.0 Å². The Kier molecular flexibility index (Phi) is 5.18. The van der Waals surface area contributed by atoms with Crippen LogP contribution in [0.25, 0.3) is 0 Å². The van der Waals surface area contributed by atoms with Crippen LogP contribution >= 0.6 is 11.8 Å². The monoisotopic (exact) mass is 372 g/mol. The van der Waals surface area contributed by atoms with Gasteiger partial charge in [0.2, 0.25) is 0 Å². The van der Waals surface area contributed by atoms with Gasteiger partial charge >= 0.3 is 11.9 Å². The van der Waals surface area contributed by atoms with Crippen molar-refractivity contribution in [1.82, 2.24) is 4.90 Å². The summed E-state index contributed by atoms with van der Waals surface area (Å²) in [4.78, 5) is 31.7. The summed E-state index contributed by atoms with van der Waals surface area (Å²) >= 11 is 1.27. The Labute approximate surface area is 156 Å². The fourth-order valence-corrected chi connectivity index (χ4v) is 4.18. The summed E-state index contributed by atoms with van der Waals surface area (Å²) in [5.41, 5.74) is 2.69. The predicted molar refractivity (Wildman–Crippen MR) is 100 cm³/mol. The van der Waals surface area contributed by atoms with E-state index in [-0.39, 0.29) is 5.97 Å². The maximum Gasteiger partial charge on any atom is 0.346 e. The Hall–Kier alpha value is -2.54. The third-order valence-corrected chi connectivity index (χ3v) is 5.39.